The Morgan fingerprint density at radius 3 is 2.77 bits per heavy atom. The van der Waals surface area contributed by atoms with Gasteiger partial charge in [-0.3, -0.25) is 10.1 Å². The van der Waals surface area contributed by atoms with E-state index < -0.39 is 10.9 Å². The second-order valence-electron chi connectivity index (χ2n) is 4.42. The largest absolute Gasteiger partial charge is 0.464 e. The summed E-state index contributed by atoms with van der Waals surface area (Å²) >= 11 is 0. The van der Waals surface area contributed by atoms with Crippen LogP contribution in [0.3, 0.4) is 0 Å². The molecule has 1 aromatic carbocycles. The Morgan fingerprint density at radius 2 is 2.05 bits per heavy atom. The smallest absolute Gasteiger partial charge is 0.356 e. The van der Waals surface area contributed by atoms with Crippen LogP contribution in [0.15, 0.2) is 42.5 Å². The summed E-state index contributed by atoms with van der Waals surface area (Å²) in [5, 5.41) is 15.1. The summed E-state index contributed by atoms with van der Waals surface area (Å²) in [5.74, 6) is -0.249. The highest BCUT2D eigenvalue weighted by atomic mass is 16.6. The minimum atomic E-state index is -0.541. The number of fused-ring (bicyclic) bond motifs is 1. The summed E-state index contributed by atoms with van der Waals surface area (Å²) in [6.07, 6.45) is 0. The van der Waals surface area contributed by atoms with Crippen LogP contribution in [-0.2, 0) is 4.74 Å². The molecule has 0 radical (unpaired) electrons. The maximum absolute atomic E-state index is 11.7. The van der Waals surface area contributed by atoms with Gasteiger partial charge in [0.25, 0.3) is 5.69 Å². The number of carbonyl (C=O) groups excluding carboxylic acids is 1. The predicted octanol–water partition coefficient (Wildman–Crippen LogP) is 2.09. The lowest BCUT2D eigenvalue weighted by Gasteiger charge is -2.00. The van der Waals surface area contributed by atoms with Crippen molar-refractivity contribution in [2.24, 2.45) is 0 Å². The number of carbonyl (C=O) groups is 1. The number of ether oxygens (including phenoxy) is 1. The van der Waals surface area contributed by atoms with Crippen LogP contribution in [0, 0.1) is 10.1 Å². The molecule has 0 unspecified atom stereocenters. The number of pyridine rings is 1. The van der Waals surface area contributed by atoms with Crippen LogP contribution < -0.4 is 0 Å². The summed E-state index contributed by atoms with van der Waals surface area (Å²) in [7, 11) is 1.28. The van der Waals surface area contributed by atoms with Crippen molar-refractivity contribution in [3.63, 3.8) is 0 Å². The number of aromatic nitrogens is 3. The molecule has 110 valence electrons. The van der Waals surface area contributed by atoms with Gasteiger partial charge in [-0.15, -0.1) is 5.10 Å². The number of nitrogens with zero attached hydrogens (tertiary/aromatic N) is 4. The quantitative estimate of drug-likeness (QED) is 0.417. The van der Waals surface area contributed by atoms with Crippen molar-refractivity contribution >= 4 is 17.3 Å². The number of esters is 1. The fourth-order valence-corrected chi connectivity index (χ4v) is 2.05. The second-order valence-corrected chi connectivity index (χ2v) is 4.42. The van der Waals surface area contributed by atoms with Gasteiger partial charge in [-0.1, -0.05) is 18.2 Å². The molecule has 8 nitrogen and oxygen atoms in total. The molecule has 3 rings (SSSR count). The Kier molecular flexibility index (Phi) is 3.26. The van der Waals surface area contributed by atoms with Crippen LogP contribution in [0.1, 0.15) is 10.5 Å². The van der Waals surface area contributed by atoms with Gasteiger partial charge in [0.1, 0.15) is 0 Å². The van der Waals surface area contributed by atoms with Crippen LogP contribution >= 0.6 is 0 Å². The van der Waals surface area contributed by atoms with E-state index in [0.717, 1.165) is 0 Å². The molecule has 0 fully saturated rings. The standard InChI is InChI=1S/C14H10N4O4/c1-22-14(19)11-6-3-7-12-15-13(16-17(11)12)9-4-2-5-10(8-9)18(20)21/h2-8H,1H3. The van der Waals surface area contributed by atoms with Gasteiger partial charge in [0.2, 0.25) is 0 Å². The van der Waals surface area contributed by atoms with Crippen molar-refractivity contribution in [1.29, 1.82) is 0 Å². The third kappa shape index (κ3) is 2.26. The van der Waals surface area contributed by atoms with Crippen LogP contribution in [0.25, 0.3) is 17.0 Å². The number of nitro groups is 1. The first-order valence-electron chi connectivity index (χ1n) is 6.29. The molecule has 0 saturated carbocycles. The maximum atomic E-state index is 11.7. The zero-order valence-electron chi connectivity index (χ0n) is 11.5. The zero-order valence-corrected chi connectivity index (χ0v) is 11.5. The zero-order chi connectivity index (χ0) is 15.7. The molecule has 0 N–H and O–H groups in total. The van der Waals surface area contributed by atoms with E-state index in [9.17, 15) is 14.9 Å². The van der Waals surface area contributed by atoms with E-state index in [1.54, 1.807) is 30.3 Å². The lowest BCUT2D eigenvalue weighted by atomic mass is 10.2. The first-order chi connectivity index (χ1) is 10.6. The van der Waals surface area contributed by atoms with E-state index in [1.807, 2.05) is 0 Å². The number of benzene rings is 1. The van der Waals surface area contributed by atoms with Crippen molar-refractivity contribution in [2.75, 3.05) is 7.11 Å². The van der Waals surface area contributed by atoms with Crippen molar-refractivity contribution in [1.82, 2.24) is 14.6 Å². The molecule has 0 aliphatic rings. The Hall–Kier alpha value is -3.29. The van der Waals surface area contributed by atoms with Crippen molar-refractivity contribution < 1.29 is 14.5 Å². The van der Waals surface area contributed by atoms with Gasteiger partial charge in [0.05, 0.1) is 12.0 Å². The molecule has 0 saturated heterocycles. The van der Waals surface area contributed by atoms with Gasteiger partial charge >= 0.3 is 5.97 Å². The SMILES string of the molecule is COC(=O)c1cccc2nc(-c3cccc([N+](=O)[O-])c3)nn12. The van der Waals surface area contributed by atoms with E-state index >= 15 is 0 Å². The van der Waals surface area contributed by atoms with Crippen LogP contribution in [0.2, 0.25) is 0 Å². The molecule has 2 aromatic heterocycles. The van der Waals surface area contributed by atoms with E-state index in [-0.39, 0.29) is 11.4 Å². The first kappa shape index (κ1) is 13.7. The molecule has 2 heterocycles. The van der Waals surface area contributed by atoms with Gasteiger partial charge in [0, 0.05) is 17.7 Å². The summed E-state index contributed by atoms with van der Waals surface area (Å²) in [4.78, 5) is 26.3. The van der Waals surface area contributed by atoms with Gasteiger partial charge in [-0.05, 0) is 12.1 Å². The molecule has 0 atom stereocenters. The van der Waals surface area contributed by atoms with Gasteiger partial charge < -0.3 is 4.74 Å². The highest BCUT2D eigenvalue weighted by Crippen LogP contribution is 2.22. The molecule has 0 amide bonds. The van der Waals surface area contributed by atoms with Gasteiger partial charge in [-0.25, -0.2) is 14.3 Å². The summed E-state index contributed by atoms with van der Waals surface area (Å²) in [5.41, 5.74) is 1.12. The van der Waals surface area contributed by atoms with Crippen molar-refractivity contribution in [3.05, 3.63) is 58.3 Å². The fourth-order valence-electron chi connectivity index (χ4n) is 2.05. The molecule has 0 bridgehead atoms. The van der Waals surface area contributed by atoms with E-state index in [4.69, 9.17) is 4.74 Å². The molecule has 22 heavy (non-hydrogen) atoms. The average Bonchev–Trinajstić information content (AvgIpc) is 2.98. The van der Waals surface area contributed by atoms with Crippen molar-refractivity contribution in [2.45, 2.75) is 0 Å². The van der Waals surface area contributed by atoms with Crippen LogP contribution in [0.4, 0.5) is 5.69 Å². The number of hydrogen-bond acceptors (Lipinski definition) is 6. The second kappa shape index (κ2) is 5.24. The number of nitro benzene ring substituents is 1. The Morgan fingerprint density at radius 1 is 1.27 bits per heavy atom. The summed E-state index contributed by atoms with van der Waals surface area (Å²) in [6, 6.07) is 10.9. The number of hydrogen-bond donors (Lipinski definition) is 0. The van der Waals surface area contributed by atoms with Gasteiger partial charge in [-0.2, -0.15) is 0 Å². The first-order valence-corrected chi connectivity index (χ1v) is 6.29. The summed E-state index contributed by atoms with van der Waals surface area (Å²) in [6.45, 7) is 0. The number of rotatable bonds is 3. The van der Waals surface area contributed by atoms with Crippen LogP contribution in [-0.4, -0.2) is 32.6 Å². The summed E-state index contributed by atoms with van der Waals surface area (Å²) < 4.78 is 6.04. The molecular formula is C14H10N4O4. The van der Waals surface area contributed by atoms with E-state index in [2.05, 4.69) is 10.1 Å². The number of methoxy groups -OCH3 is 1. The minimum absolute atomic E-state index is 0.0513. The van der Waals surface area contributed by atoms with E-state index in [0.29, 0.717) is 17.0 Å². The lowest BCUT2D eigenvalue weighted by molar-refractivity contribution is -0.384. The molecule has 0 aliphatic heterocycles. The molecule has 0 aliphatic carbocycles. The normalized spacial score (nSPS) is 10.6. The molecular weight excluding hydrogens is 288 g/mol. The highest BCUT2D eigenvalue weighted by Gasteiger charge is 2.15. The monoisotopic (exact) mass is 298 g/mol. The Balaban J connectivity index is 2.15. The Bertz CT molecular complexity index is 887. The average molecular weight is 298 g/mol. The van der Waals surface area contributed by atoms with Gasteiger partial charge in [0.15, 0.2) is 17.2 Å². The number of non-ortho nitro benzene ring substituents is 1. The Labute approximate surface area is 124 Å². The highest BCUT2D eigenvalue weighted by molar-refractivity contribution is 5.88. The lowest BCUT2D eigenvalue weighted by Crippen LogP contribution is -2.08. The third-order valence-electron chi connectivity index (χ3n) is 3.07. The van der Waals surface area contributed by atoms with Crippen LogP contribution in [0.5, 0.6) is 0 Å². The molecule has 3 aromatic rings. The molecule has 8 heteroatoms. The fraction of sp³-hybridized carbons (Fsp3) is 0.0714. The van der Waals surface area contributed by atoms with E-state index in [1.165, 1.54) is 23.8 Å². The minimum Gasteiger partial charge on any atom is -0.464 e. The topological polar surface area (TPSA) is 99.6 Å². The third-order valence-corrected chi connectivity index (χ3v) is 3.07. The van der Waals surface area contributed by atoms with Crippen molar-refractivity contribution in [3.8, 4) is 11.4 Å². The maximum Gasteiger partial charge on any atom is 0.356 e. The molecule has 0 spiro atoms. The predicted molar refractivity (Wildman–Crippen MR) is 76.4 cm³/mol.